The van der Waals surface area contributed by atoms with E-state index in [9.17, 15) is 14.4 Å². The molecular formula is C25H25ClINO6S. The third-order valence-electron chi connectivity index (χ3n) is 4.88. The molecule has 1 aliphatic heterocycles. The van der Waals surface area contributed by atoms with Crippen LogP contribution in [0.4, 0.5) is 4.79 Å². The number of esters is 1. The first kappa shape index (κ1) is 27.3. The average Bonchev–Trinajstić information content (AvgIpc) is 3.07. The van der Waals surface area contributed by atoms with Crippen LogP contribution in [-0.4, -0.2) is 41.8 Å². The molecule has 35 heavy (non-hydrogen) atoms. The molecule has 0 radical (unpaired) electrons. The molecule has 186 valence electrons. The number of hydrogen-bond donors (Lipinski definition) is 0. The Labute approximate surface area is 227 Å². The van der Waals surface area contributed by atoms with Gasteiger partial charge in [-0.05, 0) is 77.5 Å². The summed E-state index contributed by atoms with van der Waals surface area (Å²) in [5.41, 5.74) is 1.51. The van der Waals surface area contributed by atoms with Gasteiger partial charge in [0.05, 0.1) is 21.7 Å². The summed E-state index contributed by atoms with van der Waals surface area (Å²) in [6.45, 7) is 4.39. The molecule has 1 saturated heterocycles. The number of rotatable bonds is 11. The highest BCUT2D eigenvalue weighted by atomic mass is 127. The summed E-state index contributed by atoms with van der Waals surface area (Å²) in [4.78, 5) is 38.2. The lowest BCUT2D eigenvalue weighted by Gasteiger charge is -2.15. The number of hydrogen-bond acceptors (Lipinski definition) is 7. The van der Waals surface area contributed by atoms with Gasteiger partial charge in [0.2, 0.25) is 0 Å². The average molecular weight is 630 g/mol. The van der Waals surface area contributed by atoms with Crippen LogP contribution in [0.5, 0.6) is 11.5 Å². The number of unbranched alkanes of at least 4 members (excludes halogenated alkanes) is 1. The molecule has 2 amide bonds. The van der Waals surface area contributed by atoms with Crippen LogP contribution >= 0.6 is 46.0 Å². The Morgan fingerprint density at radius 2 is 1.94 bits per heavy atom. The molecule has 1 aliphatic rings. The van der Waals surface area contributed by atoms with E-state index in [4.69, 9.17) is 25.8 Å². The maximum Gasteiger partial charge on any atom is 0.326 e. The molecule has 2 aromatic carbocycles. The van der Waals surface area contributed by atoms with E-state index in [1.165, 1.54) is 0 Å². The SMILES string of the molecule is CCCCOC(=O)CN1C(=O)S/C(=C/c2cc(I)c(OCc3ccccc3Cl)c(OCC)c2)C1=O. The van der Waals surface area contributed by atoms with Gasteiger partial charge < -0.3 is 14.2 Å². The van der Waals surface area contributed by atoms with Crippen LogP contribution < -0.4 is 9.47 Å². The lowest BCUT2D eigenvalue weighted by molar-refractivity contribution is -0.146. The molecule has 2 aromatic rings. The second-order valence-corrected chi connectivity index (χ2v) is 10.0. The van der Waals surface area contributed by atoms with Crippen molar-refractivity contribution in [2.24, 2.45) is 0 Å². The number of imide groups is 1. The first-order valence-electron chi connectivity index (χ1n) is 11.1. The zero-order valence-corrected chi connectivity index (χ0v) is 23.1. The van der Waals surface area contributed by atoms with E-state index in [1.54, 1.807) is 18.2 Å². The molecule has 1 fully saturated rings. The minimum atomic E-state index is -0.602. The van der Waals surface area contributed by atoms with E-state index in [1.807, 2.05) is 38.1 Å². The molecule has 7 nitrogen and oxygen atoms in total. The van der Waals surface area contributed by atoms with E-state index in [-0.39, 0.29) is 18.1 Å². The van der Waals surface area contributed by atoms with Crippen LogP contribution in [0.25, 0.3) is 6.08 Å². The van der Waals surface area contributed by atoms with Gasteiger partial charge in [-0.1, -0.05) is 43.1 Å². The number of carbonyl (C=O) groups is 3. The van der Waals surface area contributed by atoms with Gasteiger partial charge in [0, 0.05) is 10.6 Å². The Balaban J connectivity index is 1.77. The van der Waals surface area contributed by atoms with Crippen molar-refractivity contribution in [3.8, 4) is 11.5 Å². The highest BCUT2D eigenvalue weighted by Crippen LogP contribution is 2.38. The minimum absolute atomic E-state index is 0.222. The topological polar surface area (TPSA) is 82.1 Å². The molecule has 0 bridgehead atoms. The largest absolute Gasteiger partial charge is 0.490 e. The summed E-state index contributed by atoms with van der Waals surface area (Å²) in [5, 5.41) is 0.107. The predicted octanol–water partition coefficient (Wildman–Crippen LogP) is 6.30. The summed E-state index contributed by atoms with van der Waals surface area (Å²) in [5.74, 6) is -0.0569. The molecule has 0 atom stereocenters. The summed E-state index contributed by atoms with van der Waals surface area (Å²) in [6.07, 6.45) is 3.21. The van der Waals surface area contributed by atoms with E-state index >= 15 is 0 Å². The number of thioether (sulfide) groups is 1. The van der Waals surface area contributed by atoms with Gasteiger partial charge in [-0.25, -0.2) is 0 Å². The highest BCUT2D eigenvalue weighted by Gasteiger charge is 2.36. The Morgan fingerprint density at radius 3 is 2.66 bits per heavy atom. The van der Waals surface area contributed by atoms with Crippen molar-refractivity contribution in [1.82, 2.24) is 4.90 Å². The van der Waals surface area contributed by atoms with Gasteiger partial charge in [-0.3, -0.25) is 19.3 Å². The number of benzene rings is 2. The van der Waals surface area contributed by atoms with Crippen LogP contribution in [0, 0.1) is 3.57 Å². The summed E-state index contributed by atoms with van der Waals surface area (Å²) < 4.78 is 17.7. The first-order valence-corrected chi connectivity index (χ1v) is 13.3. The molecule has 0 aliphatic carbocycles. The first-order chi connectivity index (χ1) is 16.8. The number of nitrogens with zero attached hydrogens (tertiary/aromatic N) is 1. The maximum atomic E-state index is 12.8. The zero-order valence-electron chi connectivity index (χ0n) is 19.3. The summed E-state index contributed by atoms with van der Waals surface area (Å²) >= 11 is 9.16. The van der Waals surface area contributed by atoms with E-state index in [2.05, 4.69) is 22.6 Å². The zero-order chi connectivity index (χ0) is 25.4. The van der Waals surface area contributed by atoms with Crippen molar-refractivity contribution in [3.63, 3.8) is 0 Å². The third-order valence-corrected chi connectivity index (χ3v) is 6.96. The van der Waals surface area contributed by atoms with Crippen LogP contribution in [0.15, 0.2) is 41.3 Å². The van der Waals surface area contributed by atoms with Gasteiger partial charge >= 0.3 is 5.97 Å². The van der Waals surface area contributed by atoms with Crippen LogP contribution in [-0.2, 0) is 20.9 Å². The molecule has 0 spiro atoms. The van der Waals surface area contributed by atoms with Gasteiger partial charge in [0.15, 0.2) is 11.5 Å². The second-order valence-electron chi connectivity index (χ2n) is 7.48. The van der Waals surface area contributed by atoms with Crippen molar-refractivity contribution >= 4 is 69.1 Å². The third kappa shape index (κ3) is 7.37. The monoisotopic (exact) mass is 629 g/mol. The van der Waals surface area contributed by atoms with Gasteiger partial charge in [0.25, 0.3) is 11.1 Å². The quantitative estimate of drug-likeness (QED) is 0.125. The van der Waals surface area contributed by atoms with Crippen molar-refractivity contribution in [2.45, 2.75) is 33.3 Å². The van der Waals surface area contributed by atoms with Gasteiger partial charge in [-0.2, -0.15) is 0 Å². The Morgan fingerprint density at radius 1 is 1.17 bits per heavy atom. The molecule has 3 rings (SSSR count). The smallest absolute Gasteiger partial charge is 0.326 e. The molecule has 1 heterocycles. The fourth-order valence-electron chi connectivity index (χ4n) is 3.13. The van der Waals surface area contributed by atoms with E-state index < -0.39 is 23.7 Å². The normalized spacial score (nSPS) is 14.5. The van der Waals surface area contributed by atoms with E-state index in [0.29, 0.717) is 28.7 Å². The number of halogens is 2. The molecule has 0 unspecified atom stereocenters. The fourth-order valence-corrected chi connectivity index (χ4v) is 4.94. The van der Waals surface area contributed by atoms with Crippen molar-refractivity contribution in [1.29, 1.82) is 0 Å². The molecule has 0 saturated carbocycles. The van der Waals surface area contributed by atoms with E-state index in [0.717, 1.165) is 38.6 Å². The lowest BCUT2D eigenvalue weighted by atomic mass is 10.1. The highest BCUT2D eigenvalue weighted by molar-refractivity contribution is 14.1. The molecule has 10 heteroatoms. The molecule has 0 aromatic heterocycles. The van der Waals surface area contributed by atoms with Crippen LogP contribution in [0.1, 0.15) is 37.8 Å². The predicted molar refractivity (Wildman–Crippen MR) is 145 cm³/mol. The molecular weight excluding hydrogens is 605 g/mol. The molecule has 0 N–H and O–H groups in total. The lowest BCUT2D eigenvalue weighted by Crippen LogP contribution is -2.34. The van der Waals surface area contributed by atoms with Gasteiger partial charge in [-0.15, -0.1) is 0 Å². The van der Waals surface area contributed by atoms with Crippen LogP contribution in [0.3, 0.4) is 0 Å². The van der Waals surface area contributed by atoms with Crippen molar-refractivity contribution in [2.75, 3.05) is 19.8 Å². The standard InChI is InChI=1S/C25H25ClINO6S/c1-3-5-10-33-22(29)14-28-24(30)21(35-25(28)31)13-16-11-19(27)23(20(12-16)32-4-2)34-15-17-8-6-7-9-18(17)26/h6-9,11-13H,3-5,10,14-15H2,1-2H3/b21-13+. The minimum Gasteiger partial charge on any atom is -0.490 e. The number of amides is 2. The summed E-state index contributed by atoms with van der Waals surface area (Å²) in [6, 6.07) is 11.0. The fraction of sp³-hybridized carbons (Fsp3) is 0.320. The Bertz CT molecular complexity index is 1140. The Hall–Kier alpha value is -2.24. The number of carbonyl (C=O) groups excluding carboxylic acids is 3. The number of ether oxygens (including phenoxy) is 3. The van der Waals surface area contributed by atoms with Gasteiger partial charge in [0.1, 0.15) is 13.2 Å². The van der Waals surface area contributed by atoms with Crippen LogP contribution in [0.2, 0.25) is 5.02 Å². The summed E-state index contributed by atoms with van der Waals surface area (Å²) in [7, 11) is 0. The van der Waals surface area contributed by atoms with Crippen molar-refractivity contribution < 1.29 is 28.6 Å². The maximum absolute atomic E-state index is 12.8. The second kappa shape index (κ2) is 13.2. The van der Waals surface area contributed by atoms with Crippen molar-refractivity contribution in [3.05, 3.63) is 61.0 Å². The Kier molecular flexibility index (Phi) is 10.3.